The van der Waals surface area contributed by atoms with E-state index in [4.69, 9.17) is 39.5 Å². The van der Waals surface area contributed by atoms with Crippen LogP contribution in [0.4, 0.5) is 5.69 Å². The fourth-order valence-electron chi connectivity index (χ4n) is 1.94. The van der Waals surface area contributed by atoms with E-state index in [1.54, 1.807) is 0 Å². The molecule has 22 heavy (non-hydrogen) atoms. The Morgan fingerprint density at radius 3 is 2.32 bits per heavy atom. The zero-order chi connectivity index (χ0) is 16.3. The normalized spacial score (nSPS) is 10.4. The van der Waals surface area contributed by atoms with E-state index in [1.807, 2.05) is 32.0 Å². The number of benzene rings is 2. The summed E-state index contributed by atoms with van der Waals surface area (Å²) in [4.78, 5) is 12.0. The predicted octanol–water partition coefficient (Wildman–Crippen LogP) is 5.28. The third-order valence-corrected chi connectivity index (χ3v) is 3.77. The van der Waals surface area contributed by atoms with Gasteiger partial charge in [0.2, 0.25) is 0 Å². The Balaban J connectivity index is 2.02. The molecule has 2 aromatic rings. The number of hydrogen-bond acceptors (Lipinski definition) is 2. The van der Waals surface area contributed by atoms with Crippen LogP contribution in [0.5, 0.6) is 5.75 Å². The average Bonchev–Trinajstić information content (AvgIpc) is 2.42. The lowest BCUT2D eigenvalue weighted by atomic mass is 10.1. The van der Waals surface area contributed by atoms with Crippen molar-refractivity contribution in [2.75, 3.05) is 11.9 Å². The van der Waals surface area contributed by atoms with Gasteiger partial charge in [0.1, 0.15) is 5.75 Å². The first-order chi connectivity index (χ1) is 10.4. The van der Waals surface area contributed by atoms with Crippen molar-refractivity contribution in [3.63, 3.8) is 0 Å². The Morgan fingerprint density at radius 1 is 1.09 bits per heavy atom. The first-order valence-electron chi connectivity index (χ1n) is 6.51. The van der Waals surface area contributed by atoms with Crippen molar-refractivity contribution in [3.05, 3.63) is 56.5 Å². The molecule has 0 aromatic heterocycles. The maximum absolute atomic E-state index is 12.0. The van der Waals surface area contributed by atoms with Gasteiger partial charge in [0, 0.05) is 5.02 Å². The summed E-state index contributed by atoms with van der Waals surface area (Å²) in [5.74, 6) is 0.306. The van der Waals surface area contributed by atoms with Gasteiger partial charge in [0.15, 0.2) is 6.61 Å². The van der Waals surface area contributed by atoms with Crippen molar-refractivity contribution < 1.29 is 9.53 Å². The molecule has 0 spiro atoms. The highest BCUT2D eigenvalue weighted by molar-refractivity contribution is 6.42. The lowest BCUT2D eigenvalue weighted by Gasteiger charge is -2.12. The quantitative estimate of drug-likeness (QED) is 0.807. The van der Waals surface area contributed by atoms with Crippen LogP contribution in [0.1, 0.15) is 11.1 Å². The Labute approximate surface area is 144 Å². The lowest BCUT2D eigenvalue weighted by Crippen LogP contribution is -2.20. The van der Waals surface area contributed by atoms with Crippen LogP contribution in [-0.4, -0.2) is 12.5 Å². The Hall–Kier alpha value is -1.42. The molecular formula is C16H14Cl3NO2. The van der Waals surface area contributed by atoms with Crippen molar-refractivity contribution in [2.24, 2.45) is 0 Å². The van der Waals surface area contributed by atoms with Crippen LogP contribution in [0.25, 0.3) is 0 Å². The molecule has 0 atom stereocenters. The highest BCUT2D eigenvalue weighted by Crippen LogP contribution is 2.33. The molecule has 0 bridgehead atoms. The first kappa shape index (κ1) is 16.9. The predicted molar refractivity (Wildman–Crippen MR) is 91.5 cm³/mol. The van der Waals surface area contributed by atoms with E-state index in [0.717, 1.165) is 11.1 Å². The molecule has 0 heterocycles. The number of carbonyl (C=O) groups is 1. The van der Waals surface area contributed by atoms with Gasteiger partial charge in [-0.2, -0.15) is 0 Å². The summed E-state index contributed by atoms with van der Waals surface area (Å²) in [6, 6.07) is 8.76. The standard InChI is InChI=1S/C16H14Cl3NO2/c1-9-3-4-14(10(2)5-9)22-8-15(21)20-16-12(18)6-11(17)7-13(16)19/h3-7H,8H2,1-2H3,(H,20,21). The summed E-state index contributed by atoms with van der Waals surface area (Å²) in [5.41, 5.74) is 2.42. The van der Waals surface area contributed by atoms with Gasteiger partial charge in [-0.1, -0.05) is 52.5 Å². The lowest BCUT2D eigenvalue weighted by molar-refractivity contribution is -0.118. The van der Waals surface area contributed by atoms with Crippen LogP contribution < -0.4 is 10.1 Å². The molecule has 1 N–H and O–H groups in total. The zero-order valence-electron chi connectivity index (χ0n) is 12.0. The van der Waals surface area contributed by atoms with E-state index in [-0.39, 0.29) is 22.6 Å². The fraction of sp³-hybridized carbons (Fsp3) is 0.188. The van der Waals surface area contributed by atoms with E-state index >= 15 is 0 Å². The van der Waals surface area contributed by atoms with Crippen LogP contribution in [-0.2, 0) is 4.79 Å². The summed E-state index contributed by atoms with van der Waals surface area (Å²) in [6.07, 6.45) is 0. The molecule has 0 aliphatic heterocycles. The van der Waals surface area contributed by atoms with Crippen molar-refractivity contribution >= 4 is 46.4 Å². The van der Waals surface area contributed by atoms with Crippen LogP contribution >= 0.6 is 34.8 Å². The summed E-state index contributed by atoms with van der Waals surface area (Å²) in [5, 5.41) is 3.57. The highest BCUT2D eigenvalue weighted by Gasteiger charge is 2.12. The monoisotopic (exact) mass is 357 g/mol. The molecule has 3 nitrogen and oxygen atoms in total. The molecule has 0 aliphatic rings. The molecule has 0 aliphatic carbocycles. The number of hydrogen-bond donors (Lipinski definition) is 1. The van der Waals surface area contributed by atoms with Crippen molar-refractivity contribution in [2.45, 2.75) is 13.8 Å². The van der Waals surface area contributed by atoms with E-state index in [9.17, 15) is 4.79 Å². The van der Waals surface area contributed by atoms with Gasteiger partial charge in [-0.15, -0.1) is 0 Å². The van der Waals surface area contributed by atoms with Gasteiger partial charge in [0.25, 0.3) is 5.91 Å². The summed E-state index contributed by atoms with van der Waals surface area (Å²) in [6.45, 7) is 3.78. The molecule has 0 unspecified atom stereocenters. The second kappa shape index (κ2) is 7.23. The van der Waals surface area contributed by atoms with Crippen LogP contribution in [0.3, 0.4) is 0 Å². The fourth-order valence-corrected chi connectivity index (χ4v) is 2.85. The molecular weight excluding hydrogens is 345 g/mol. The van der Waals surface area contributed by atoms with Gasteiger partial charge < -0.3 is 10.1 Å². The molecule has 0 fully saturated rings. The molecule has 2 rings (SSSR count). The molecule has 0 radical (unpaired) electrons. The third kappa shape index (κ3) is 4.29. The Bertz CT molecular complexity index is 694. The number of aryl methyl sites for hydroxylation is 2. The summed E-state index contributed by atoms with van der Waals surface area (Å²) >= 11 is 17.9. The van der Waals surface area contributed by atoms with Crippen LogP contribution in [0.15, 0.2) is 30.3 Å². The zero-order valence-corrected chi connectivity index (χ0v) is 14.3. The first-order valence-corrected chi connectivity index (χ1v) is 7.64. The smallest absolute Gasteiger partial charge is 0.262 e. The maximum Gasteiger partial charge on any atom is 0.262 e. The second-order valence-corrected chi connectivity index (χ2v) is 6.10. The third-order valence-electron chi connectivity index (χ3n) is 2.96. The number of anilines is 1. The average molecular weight is 359 g/mol. The minimum Gasteiger partial charge on any atom is -0.483 e. The van der Waals surface area contributed by atoms with Gasteiger partial charge in [-0.05, 0) is 37.6 Å². The number of nitrogens with one attached hydrogen (secondary N) is 1. The molecule has 2 aromatic carbocycles. The molecule has 6 heteroatoms. The van der Waals surface area contributed by atoms with Crippen molar-refractivity contribution in [3.8, 4) is 5.75 Å². The second-order valence-electron chi connectivity index (χ2n) is 4.85. The SMILES string of the molecule is Cc1ccc(OCC(=O)Nc2c(Cl)cc(Cl)cc2Cl)c(C)c1. The largest absolute Gasteiger partial charge is 0.483 e. The minimum atomic E-state index is -0.355. The van der Waals surface area contributed by atoms with Crippen molar-refractivity contribution in [1.29, 1.82) is 0 Å². The summed E-state index contributed by atoms with van der Waals surface area (Å²) < 4.78 is 5.50. The molecule has 0 saturated carbocycles. The van der Waals surface area contributed by atoms with Gasteiger partial charge in [-0.3, -0.25) is 4.79 Å². The van der Waals surface area contributed by atoms with Crippen LogP contribution in [0.2, 0.25) is 15.1 Å². The molecule has 0 saturated heterocycles. The van der Waals surface area contributed by atoms with E-state index in [0.29, 0.717) is 16.5 Å². The number of carbonyl (C=O) groups excluding carboxylic acids is 1. The van der Waals surface area contributed by atoms with Crippen molar-refractivity contribution in [1.82, 2.24) is 0 Å². The highest BCUT2D eigenvalue weighted by atomic mass is 35.5. The van der Waals surface area contributed by atoms with Gasteiger partial charge >= 0.3 is 0 Å². The van der Waals surface area contributed by atoms with E-state index in [2.05, 4.69) is 5.32 Å². The number of amides is 1. The molecule has 1 amide bonds. The number of halogens is 3. The maximum atomic E-state index is 12.0. The van der Waals surface area contributed by atoms with Crippen LogP contribution in [0, 0.1) is 13.8 Å². The van der Waals surface area contributed by atoms with E-state index in [1.165, 1.54) is 12.1 Å². The summed E-state index contributed by atoms with van der Waals surface area (Å²) in [7, 11) is 0. The number of rotatable bonds is 4. The van der Waals surface area contributed by atoms with Gasteiger partial charge in [-0.25, -0.2) is 0 Å². The minimum absolute atomic E-state index is 0.140. The van der Waals surface area contributed by atoms with Gasteiger partial charge in [0.05, 0.1) is 15.7 Å². The Morgan fingerprint density at radius 2 is 1.73 bits per heavy atom. The topological polar surface area (TPSA) is 38.3 Å². The number of ether oxygens (including phenoxy) is 1. The molecule has 116 valence electrons. The Kier molecular flexibility index (Phi) is 5.57. The van der Waals surface area contributed by atoms with E-state index < -0.39 is 0 Å².